The Bertz CT molecular complexity index is 806. The van der Waals surface area contributed by atoms with Gasteiger partial charge in [0.15, 0.2) is 0 Å². The minimum absolute atomic E-state index is 0.216. The van der Waals surface area contributed by atoms with Gasteiger partial charge in [0, 0.05) is 38.6 Å². The molecular formula is C23H30N4O. The lowest BCUT2D eigenvalue weighted by atomic mass is 9.89. The molecule has 0 amide bonds. The standard InChI is InChI=1S/C23H30N4O/c1-3-28-19-6-4-5-18(15-19)23(20-13-17(2)14-21(20)23)27-11-9-26(10-12-27)22-16-24-7-8-25-22/h4-8,15-17,20-21H,3,9-14H2,1-2H3. The molecule has 0 spiro atoms. The maximum absolute atomic E-state index is 5.83. The first-order valence-corrected chi connectivity index (χ1v) is 10.7. The first kappa shape index (κ1) is 17.9. The lowest BCUT2D eigenvalue weighted by Crippen LogP contribution is -2.52. The highest BCUT2D eigenvalue weighted by atomic mass is 16.5. The molecule has 5 heteroatoms. The van der Waals surface area contributed by atoms with E-state index in [-0.39, 0.29) is 5.54 Å². The van der Waals surface area contributed by atoms with E-state index in [4.69, 9.17) is 4.74 Å². The highest BCUT2D eigenvalue weighted by Crippen LogP contribution is 2.70. The Morgan fingerprint density at radius 1 is 1.11 bits per heavy atom. The Balaban J connectivity index is 1.40. The number of anilines is 1. The van der Waals surface area contributed by atoms with Crippen molar-refractivity contribution in [2.75, 3.05) is 37.7 Å². The Labute approximate surface area is 167 Å². The second kappa shape index (κ2) is 7.03. The monoisotopic (exact) mass is 378 g/mol. The van der Waals surface area contributed by atoms with Gasteiger partial charge in [-0.05, 0) is 55.2 Å². The molecule has 1 aromatic heterocycles. The first-order valence-electron chi connectivity index (χ1n) is 10.7. The number of piperazine rings is 1. The van der Waals surface area contributed by atoms with Crippen molar-refractivity contribution in [2.24, 2.45) is 17.8 Å². The van der Waals surface area contributed by atoms with Crippen LogP contribution in [0.3, 0.4) is 0 Å². The Morgan fingerprint density at radius 3 is 2.57 bits per heavy atom. The summed E-state index contributed by atoms with van der Waals surface area (Å²) in [4.78, 5) is 13.9. The van der Waals surface area contributed by atoms with Crippen LogP contribution in [0.5, 0.6) is 5.75 Å². The normalized spacial score (nSPS) is 32.2. The maximum Gasteiger partial charge on any atom is 0.147 e. The Hall–Kier alpha value is -2.14. The van der Waals surface area contributed by atoms with E-state index in [1.54, 1.807) is 12.4 Å². The zero-order valence-electron chi connectivity index (χ0n) is 16.9. The molecule has 5 nitrogen and oxygen atoms in total. The minimum atomic E-state index is 0.216. The fourth-order valence-electron chi connectivity index (χ4n) is 6.01. The number of benzene rings is 1. The van der Waals surface area contributed by atoms with Crippen LogP contribution in [-0.4, -0.2) is 47.7 Å². The fourth-order valence-corrected chi connectivity index (χ4v) is 6.01. The molecule has 148 valence electrons. The van der Waals surface area contributed by atoms with E-state index in [9.17, 15) is 0 Å². The molecule has 1 aliphatic heterocycles. The molecular weight excluding hydrogens is 348 g/mol. The number of hydrogen-bond donors (Lipinski definition) is 0. The summed E-state index contributed by atoms with van der Waals surface area (Å²) < 4.78 is 5.83. The second-order valence-electron chi connectivity index (χ2n) is 8.61. The van der Waals surface area contributed by atoms with Crippen LogP contribution in [0, 0.1) is 17.8 Å². The lowest BCUT2D eigenvalue weighted by molar-refractivity contribution is 0.124. The van der Waals surface area contributed by atoms with Gasteiger partial charge in [0.05, 0.1) is 18.3 Å². The number of hydrogen-bond acceptors (Lipinski definition) is 5. The predicted molar refractivity (Wildman–Crippen MR) is 110 cm³/mol. The van der Waals surface area contributed by atoms with Gasteiger partial charge < -0.3 is 9.64 Å². The number of nitrogens with zero attached hydrogens (tertiary/aromatic N) is 4. The van der Waals surface area contributed by atoms with E-state index >= 15 is 0 Å². The van der Waals surface area contributed by atoms with Crippen LogP contribution in [0.15, 0.2) is 42.9 Å². The summed E-state index contributed by atoms with van der Waals surface area (Å²) in [7, 11) is 0. The first-order chi connectivity index (χ1) is 13.7. The van der Waals surface area contributed by atoms with Gasteiger partial charge in [-0.15, -0.1) is 0 Å². The van der Waals surface area contributed by atoms with Crippen LogP contribution < -0.4 is 9.64 Å². The minimum Gasteiger partial charge on any atom is -0.494 e. The molecule has 1 saturated heterocycles. The third-order valence-corrected chi connectivity index (χ3v) is 7.10. The highest BCUT2D eigenvalue weighted by molar-refractivity contribution is 5.43. The third kappa shape index (κ3) is 2.79. The van der Waals surface area contributed by atoms with Gasteiger partial charge in [-0.2, -0.15) is 0 Å². The van der Waals surface area contributed by atoms with Crippen molar-refractivity contribution in [2.45, 2.75) is 32.2 Å². The van der Waals surface area contributed by atoms with Crippen molar-refractivity contribution in [3.05, 3.63) is 48.4 Å². The largest absolute Gasteiger partial charge is 0.494 e. The van der Waals surface area contributed by atoms with Crippen LogP contribution >= 0.6 is 0 Å². The van der Waals surface area contributed by atoms with Crippen molar-refractivity contribution in [3.8, 4) is 5.75 Å². The van der Waals surface area contributed by atoms with Crippen LogP contribution in [0.25, 0.3) is 0 Å². The van der Waals surface area contributed by atoms with E-state index in [1.165, 1.54) is 18.4 Å². The summed E-state index contributed by atoms with van der Waals surface area (Å²) in [6, 6.07) is 8.91. The number of aromatic nitrogens is 2. The zero-order valence-corrected chi connectivity index (χ0v) is 16.9. The summed E-state index contributed by atoms with van der Waals surface area (Å²) >= 11 is 0. The van der Waals surface area contributed by atoms with Crippen LogP contribution in [-0.2, 0) is 5.54 Å². The molecule has 2 aromatic rings. The summed E-state index contributed by atoms with van der Waals surface area (Å²) in [6.07, 6.45) is 8.12. The summed E-state index contributed by atoms with van der Waals surface area (Å²) in [5.74, 6) is 4.46. The Morgan fingerprint density at radius 2 is 1.89 bits per heavy atom. The van der Waals surface area contributed by atoms with E-state index in [0.29, 0.717) is 0 Å². The van der Waals surface area contributed by atoms with Gasteiger partial charge in [-0.25, -0.2) is 4.98 Å². The molecule has 2 saturated carbocycles. The van der Waals surface area contributed by atoms with Gasteiger partial charge in [0.1, 0.15) is 11.6 Å². The predicted octanol–water partition coefficient (Wildman–Crippen LogP) is 3.57. The molecule has 2 aliphatic carbocycles. The molecule has 0 bridgehead atoms. The van der Waals surface area contributed by atoms with Crippen LogP contribution in [0.2, 0.25) is 0 Å². The number of rotatable bonds is 5. The third-order valence-electron chi connectivity index (χ3n) is 7.10. The fraction of sp³-hybridized carbons (Fsp3) is 0.565. The Kier molecular flexibility index (Phi) is 4.50. The summed E-state index contributed by atoms with van der Waals surface area (Å²) in [5, 5.41) is 0. The van der Waals surface area contributed by atoms with E-state index < -0.39 is 0 Å². The lowest BCUT2D eigenvalue weighted by Gasteiger charge is -2.42. The number of fused-ring (bicyclic) bond motifs is 1. The van der Waals surface area contributed by atoms with Gasteiger partial charge in [0.2, 0.25) is 0 Å². The topological polar surface area (TPSA) is 41.5 Å². The average Bonchev–Trinajstić information content (AvgIpc) is 3.16. The SMILES string of the molecule is CCOc1cccc(C2(N3CCN(c4cnccn4)CC3)C3CC(C)CC32)c1. The van der Waals surface area contributed by atoms with Crippen molar-refractivity contribution in [3.63, 3.8) is 0 Å². The average molecular weight is 379 g/mol. The van der Waals surface area contributed by atoms with Crippen molar-refractivity contribution in [1.82, 2.24) is 14.9 Å². The second-order valence-corrected chi connectivity index (χ2v) is 8.61. The molecule has 2 heterocycles. The molecule has 3 aliphatic rings. The van der Waals surface area contributed by atoms with Crippen molar-refractivity contribution >= 4 is 5.82 Å². The highest BCUT2D eigenvalue weighted by Gasteiger charge is 2.70. The van der Waals surface area contributed by atoms with Gasteiger partial charge in [-0.1, -0.05) is 19.1 Å². The van der Waals surface area contributed by atoms with Crippen LogP contribution in [0.4, 0.5) is 5.82 Å². The zero-order chi connectivity index (χ0) is 19.1. The maximum atomic E-state index is 5.83. The number of ether oxygens (including phenoxy) is 1. The van der Waals surface area contributed by atoms with E-state index in [0.717, 1.165) is 62.1 Å². The van der Waals surface area contributed by atoms with Gasteiger partial charge in [0.25, 0.3) is 0 Å². The smallest absolute Gasteiger partial charge is 0.147 e. The molecule has 5 rings (SSSR count). The van der Waals surface area contributed by atoms with Gasteiger partial charge in [-0.3, -0.25) is 9.88 Å². The summed E-state index contributed by atoms with van der Waals surface area (Å²) in [6.45, 7) is 9.38. The van der Waals surface area contributed by atoms with Crippen molar-refractivity contribution < 1.29 is 4.74 Å². The molecule has 28 heavy (non-hydrogen) atoms. The van der Waals surface area contributed by atoms with E-state index in [1.807, 2.05) is 6.20 Å². The quantitative estimate of drug-likeness (QED) is 0.796. The summed E-state index contributed by atoms with van der Waals surface area (Å²) in [5.41, 5.74) is 1.68. The van der Waals surface area contributed by atoms with Crippen molar-refractivity contribution in [1.29, 1.82) is 0 Å². The molecule has 0 N–H and O–H groups in total. The molecule has 1 aromatic carbocycles. The molecule has 2 atom stereocenters. The molecule has 3 fully saturated rings. The molecule has 2 unspecified atom stereocenters. The van der Waals surface area contributed by atoms with E-state index in [2.05, 4.69) is 57.9 Å². The van der Waals surface area contributed by atoms with Crippen LogP contribution in [0.1, 0.15) is 32.3 Å². The molecule has 0 radical (unpaired) electrons. The van der Waals surface area contributed by atoms with Gasteiger partial charge >= 0.3 is 0 Å².